The Morgan fingerprint density at radius 1 is 1.39 bits per heavy atom. The second-order valence-electron chi connectivity index (χ2n) is 8.07. The van der Waals surface area contributed by atoms with E-state index in [1.807, 2.05) is 25.9 Å². The first-order valence-corrected chi connectivity index (χ1v) is 11.1. The van der Waals surface area contributed by atoms with E-state index >= 15 is 0 Å². The highest BCUT2D eigenvalue weighted by Crippen LogP contribution is 2.36. The fourth-order valence-corrected chi connectivity index (χ4v) is 4.48. The zero-order chi connectivity index (χ0) is 22.5. The van der Waals surface area contributed by atoms with Crippen molar-refractivity contribution in [1.82, 2.24) is 19.9 Å². The predicted octanol–water partition coefficient (Wildman–Crippen LogP) is 2.79. The smallest absolute Gasteiger partial charge is 0.208 e. The number of thiazole rings is 1. The highest BCUT2D eigenvalue weighted by molar-refractivity contribution is 7.09. The fourth-order valence-electron chi connectivity index (χ4n) is 3.63. The summed E-state index contributed by atoms with van der Waals surface area (Å²) >= 11 is 1.65. The van der Waals surface area contributed by atoms with Crippen molar-refractivity contribution in [2.75, 3.05) is 31.0 Å². The molecule has 2 heterocycles. The minimum Gasteiger partial charge on any atom is -0.409 e. The summed E-state index contributed by atoms with van der Waals surface area (Å²) < 4.78 is 0. The minimum absolute atomic E-state index is 0.108. The summed E-state index contributed by atoms with van der Waals surface area (Å²) in [6, 6.07) is 0.227. The van der Waals surface area contributed by atoms with E-state index in [9.17, 15) is 0 Å². The quantitative estimate of drug-likeness (QED) is 0.167. The normalized spacial score (nSPS) is 15.6. The van der Waals surface area contributed by atoms with Crippen molar-refractivity contribution in [2.45, 2.75) is 45.7 Å². The van der Waals surface area contributed by atoms with Crippen LogP contribution < -0.4 is 16.0 Å². The minimum atomic E-state index is -0.172. The van der Waals surface area contributed by atoms with Gasteiger partial charge in [-0.3, -0.25) is 4.90 Å². The van der Waals surface area contributed by atoms with E-state index in [0.29, 0.717) is 24.2 Å². The van der Waals surface area contributed by atoms with Crippen LogP contribution in [0, 0.1) is 12.8 Å². The molecule has 3 rings (SSSR count). The molecule has 31 heavy (non-hydrogen) atoms. The van der Waals surface area contributed by atoms with Crippen molar-refractivity contribution in [3.8, 4) is 0 Å². The molecule has 0 saturated heterocycles. The Balaban J connectivity index is 1.88. The SMILES string of the molecule is C=Nc1nc(/C(N)=N/O)nc(NC(C)C2CCC2)c1N(C)CN(C)Cc1nc(C)cs1. The maximum Gasteiger partial charge on any atom is 0.208 e. The van der Waals surface area contributed by atoms with Gasteiger partial charge >= 0.3 is 0 Å². The first kappa shape index (κ1) is 22.9. The number of anilines is 2. The Hall–Kier alpha value is -2.79. The van der Waals surface area contributed by atoms with E-state index in [1.165, 1.54) is 19.3 Å². The van der Waals surface area contributed by atoms with Crippen molar-refractivity contribution in [2.24, 2.45) is 21.8 Å². The van der Waals surface area contributed by atoms with E-state index in [2.05, 4.69) is 54.3 Å². The molecule has 0 amide bonds. The average molecular weight is 446 g/mol. The van der Waals surface area contributed by atoms with Gasteiger partial charge in [-0.2, -0.15) is 0 Å². The molecule has 2 aromatic heterocycles. The second-order valence-corrected chi connectivity index (χ2v) is 9.01. The Morgan fingerprint density at radius 3 is 2.68 bits per heavy atom. The van der Waals surface area contributed by atoms with Crippen molar-refractivity contribution in [1.29, 1.82) is 0 Å². The van der Waals surface area contributed by atoms with Gasteiger partial charge in [0.2, 0.25) is 11.7 Å². The molecule has 10 nitrogen and oxygen atoms in total. The third-order valence-corrected chi connectivity index (χ3v) is 6.43. The molecule has 1 saturated carbocycles. The second kappa shape index (κ2) is 10.0. The van der Waals surface area contributed by atoms with Crippen LogP contribution in [0.3, 0.4) is 0 Å². The van der Waals surface area contributed by atoms with Gasteiger partial charge < -0.3 is 21.2 Å². The number of nitrogens with two attached hydrogens (primary N) is 1. The molecule has 1 unspecified atom stereocenters. The van der Waals surface area contributed by atoms with Gasteiger partial charge in [0.15, 0.2) is 11.6 Å². The summed E-state index contributed by atoms with van der Waals surface area (Å²) in [4.78, 5) is 21.7. The average Bonchev–Trinajstić information content (AvgIpc) is 3.09. The number of aromatic nitrogens is 3. The number of amidine groups is 1. The predicted molar refractivity (Wildman–Crippen MR) is 126 cm³/mol. The summed E-state index contributed by atoms with van der Waals surface area (Å²) in [5, 5.41) is 18.8. The zero-order valence-corrected chi connectivity index (χ0v) is 19.4. The van der Waals surface area contributed by atoms with Gasteiger partial charge in [0.25, 0.3) is 0 Å². The number of nitrogens with zero attached hydrogens (tertiary/aromatic N) is 7. The van der Waals surface area contributed by atoms with Gasteiger partial charge in [-0.05, 0) is 46.4 Å². The third-order valence-electron chi connectivity index (χ3n) is 5.48. The topological polar surface area (TPSA) is 128 Å². The van der Waals surface area contributed by atoms with Crippen LogP contribution in [0.1, 0.15) is 42.7 Å². The lowest BCUT2D eigenvalue weighted by Gasteiger charge is -2.34. The lowest BCUT2D eigenvalue weighted by molar-refractivity contribution is 0.285. The van der Waals surface area contributed by atoms with Crippen molar-refractivity contribution < 1.29 is 5.21 Å². The fraction of sp³-hybridized carbons (Fsp3) is 0.550. The molecule has 0 radical (unpaired) electrons. The monoisotopic (exact) mass is 445 g/mol. The van der Waals surface area contributed by atoms with Crippen LogP contribution in [-0.4, -0.2) is 64.4 Å². The van der Waals surface area contributed by atoms with Gasteiger partial charge in [-0.15, -0.1) is 11.3 Å². The summed E-state index contributed by atoms with van der Waals surface area (Å²) in [6.07, 6.45) is 3.64. The molecule has 1 atom stereocenters. The Kier molecular flexibility index (Phi) is 7.39. The molecule has 168 valence electrons. The maximum absolute atomic E-state index is 9.09. The maximum atomic E-state index is 9.09. The highest BCUT2D eigenvalue weighted by atomic mass is 32.1. The highest BCUT2D eigenvalue weighted by Gasteiger charge is 2.27. The number of nitrogens with one attached hydrogen (secondary N) is 1. The molecular weight excluding hydrogens is 414 g/mol. The molecule has 1 aliphatic carbocycles. The van der Waals surface area contributed by atoms with Crippen LogP contribution in [0.15, 0.2) is 15.5 Å². The molecule has 4 N–H and O–H groups in total. The Labute approximate surface area is 186 Å². The molecule has 0 aromatic carbocycles. The lowest BCUT2D eigenvalue weighted by atomic mass is 9.80. The molecular formula is C20H31N9OS. The summed E-state index contributed by atoms with van der Waals surface area (Å²) in [6.45, 7) is 9.14. The van der Waals surface area contributed by atoms with E-state index in [4.69, 9.17) is 10.9 Å². The van der Waals surface area contributed by atoms with Crippen LogP contribution >= 0.6 is 11.3 Å². The lowest BCUT2D eigenvalue weighted by Crippen LogP contribution is -2.35. The standard InChI is InChI=1S/C20H31N9OS/c1-12-10-31-15(23-12)9-28(4)11-29(5)16-18(22-3)25-20(17(21)27-30)26-19(16)24-13(2)14-7-6-8-14/h10,13-14,30H,3,6-9,11H2,1-2,4-5H3,(H2,21,27)(H,24,25,26). The number of aryl methyl sites for hydroxylation is 1. The summed E-state index contributed by atoms with van der Waals surface area (Å²) in [7, 11) is 3.99. The van der Waals surface area contributed by atoms with Crippen LogP contribution in [0.2, 0.25) is 0 Å². The number of aliphatic imine (C=N–C) groups is 1. The largest absolute Gasteiger partial charge is 0.409 e. The van der Waals surface area contributed by atoms with Gasteiger partial charge in [0.05, 0.1) is 13.2 Å². The van der Waals surface area contributed by atoms with E-state index in [-0.39, 0.29) is 17.7 Å². The van der Waals surface area contributed by atoms with Gasteiger partial charge in [0.1, 0.15) is 10.7 Å². The van der Waals surface area contributed by atoms with E-state index in [0.717, 1.165) is 22.9 Å². The third kappa shape index (κ3) is 5.47. The molecule has 1 aliphatic rings. The van der Waals surface area contributed by atoms with E-state index < -0.39 is 0 Å². The van der Waals surface area contributed by atoms with Crippen LogP contribution in [0.5, 0.6) is 0 Å². The first-order valence-electron chi connectivity index (χ1n) is 10.3. The molecule has 0 spiro atoms. The van der Waals surface area contributed by atoms with Gasteiger partial charge in [-0.1, -0.05) is 11.6 Å². The van der Waals surface area contributed by atoms with Crippen molar-refractivity contribution in [3.05, 3.63) is 21.9 Å². The number of hydrogen-bond acceptors (Lipinski definition) is 10. The summed E-state index contributed by atoms with van der Waals surface area (Å²) in [5.74, 6) is 1.50. The van der Waals surface area contributed by atoms with Crippen molar-refractivity contribution >= 4 is 41.2 Å². The molecule has 1 fully saturated rings. The molecule has 11 heteroatoms. The van der Waals surface area contributed by atoms with Crippen LogP contribution in [-0.2, 0) is 6.54 Å². The molecule has 0 aliphatic heterocycles. The van der Waals surface area contributed by atoms with E-state index in [1.54, 1.807) is 11.3 Å². The number of oxime groups is 1. The van der Waals surface area contributed by atoms with Crippen molar-refractivity contribution in [3.63, 3.8) is 0 Å². The van der Waals surface area contributed by atoms with Gasteiger partial charge in [0, 0.05) is 24.2 Å². The Bertz CT molecular complexity index is 941. The number of rotatable bonds is 10. The Morgan fingerprint density at radius 2 is 2.13 bits per heavy atom. The number of hydrogen-bond donors (Lipinski definition) is 3. The first-order chi connectivity index (χ1) is 14.8. The molecule has 2 aromatic rings. The summed E-state index contributed by atoms with van der Waals surface area (Å²) in [5.41, 5.74) is 7.52. The zero-order valence-electron chi connectivity index (χ0n) is 18.5. The molecule has 0 bridgehead atoms. The van der Waals surface area contributed by atoms with Crippen LogP contribution in [0.4, 0.5) is 17.3 Å². The van der Waals surface area contributed by atoms with Crippen LogP contribution in [0.25, 0.3) is 0 Å². The van der Waals surface area contributed by atoms with Gasteiger partial charge in [-0.25, -0.2) is 19.9 Å².